The molecule has 0 aliphatic carbocycles. The zero-order valence-corrected chi connectivity index (χ0v) is 21.2. The largest absolute Gasteiger partial charge is 0.492 e. The number of benzene rings is 2. The van der Waals surface area contributed by atoms with Crippen molar-refractivity contribution >= 4 is 27.5 Å². The molecule has 0 saturated carbocycles. The number of likely N-dealkylation sites (N-methyl/N-ethyl adjacent to an activating group) is 1. The summed E-state index contributed by atoms with van der Waals surface area (Å²) in [7, 11) is -2.05. The lowest BCUT2D eigenvalue weighted by molar-refractivity contribution is -0.139. The predicted octanol–water partition coefficient (Wildman–Crippen LogP) is 2.84. The average molecular weight is 490 g/mol. The lowest BCUT2D eigenvalue weighted by Crippen LogP contribution is -2.48. The van der Waals surface area contributed by atoms with Crippen LogP contribution >= 0.6 is 0 Å². The van der Waals surface area contributed by atoms with Gasteiger partial charge < -0.3 is 15.0 Å². The highest BCUT2D eigenvalue weighted by molar-refractivity contribution is 7.92. The summed E-state index contributed by atoms with van der Waals surface area (Å²) in [6.45, 7) is 4.44. The Morgan fingerprint density at radius 3 is 2.29 bits per heavy atom. The SMILES string of the molecule is CCOc1ccccc1N(CCCC(=O)N(CCc1ccccc1)[C@@H](C)C(=O)NC)S(C)(=O)=O. The van der Waals surface area contributed by atoms with E-state index in [-0.39, 0.29) is 24.8 Å². The van der Waals surface area contributed by atoms with Gasteiger partial charge in [0.2, 0.25) is 21.8 Å². The van der Waals surface area contributed by atoms with Crippen LogP contribution in [0.2, 0.25) is 0 Å². The van der Waals surface area contributed by atoms with Crippen LogP contribution in [0.1, 0.15) is 32.3 Å². The van der Waals surface area contributed by atoms with Crippen LogP contribution < -0.4 is 14.4 Å². The molecular formula is C25H35N3O5S. The summed E-state index contributed by atoms with van der Waals surface area (Å²) < 4.78 is 31.9. The Kier molecular flexibility index (Phi) is 10.4. The topological polar surface area (TPSA) is 96.0 Å². The van der Waals surface area contributed by atoms with Gasteiger partial charge in [-0.05, 0) is 44.4 Å². The van der Waals surface area contributed by atoms with E-state index in [0.717, 1.165) is 11.8 Å². The van der Waals surface area contributed by atoms with Crippen molar-refractivity contribution in [3.8, 4) is 5.75 Å². The molecule has 0 unspecified atom stereocenters. The van der Waals surface area contributed by atoms with Gasteiger partial charge in [0.05, 0.1) is 18.6 Å². The second-order valence-electron chi connectivity index (χ2n) is 7.95. The van der Waals surface area contributed by atoms with Gasteiger partial charge in [0, 0.05) is 26.6 Å². The van der Waals surface area contributed by atoms with E-state index in [9.17, 15) is 18.0 Å². The fourth-order valence-electron chi connectivity index (χ4n) is 3.70. The number of nitrogens with one attached hydrogen (secondary N) is 1. The van der Waals surface area contributed by atoms with Crippen molar-refractivity contribution in [3.63, 3.8) is 0 Å². The minimum Gasteiger partial charge on any atom is -0.492 e. The Labute approximate surface area is 202 Å². The van der Waals surface area contributed by atoms with Crippen LogP contribution in [-0.2, 0) is 26.0 Å². The molecule has 1 N–H and O–H groups in total. The molecule has 186 valence electrons. The van der Waals surface area contributed by atoms with Crippen LogP contribution in [0.3, 0.4) is 0 Å². The van der Waals surface area contributed by atoms with E-state index in [1.807, 2.05) is 37.3 Å². The molecule has 0 aromatic heterocycles. The first-order valence-corrected chi connectivity index (χ1v) is 13.3. The van der Waals surface area contributed by atoms with Gasteiger partial charge in [0.15, 0.2) is 0 Å². The Bertz CT molecular complexity index is 1040. The molecular weight excluding hydrogens is 454 g/mol. The van der Waals surface area contributed by atoms with Gasteiger partial charge in [-0.1, -0.05) is 42.5 Å². The maximum Gasteiger partial charge on any atom is 0.242 e. The van der Waals surface area contributed by atoms with Crippen molar-refractivity contribution in [3.05, 3.63) is 60.2 Å². The van der Waals surface area contributed by atoms with Crippen molar-refractivity contribution in [1.29, 1.82) is 0 Å². The first-order valence-electron chi connectivity index (χ1n) is 11.4. The number of sulfonamides is 1. The third-order valence-electron chi connectivity index (χ3n) is 5.48. The van der Waals surface area contributed by atoms with Crippen LogP contribution in [0.4, 0.5) is 5.69 Å². The number of carbonyl (C=O) groups excluding carboxylic acids is 2. The van der Waals surface area contributed by atoms with Gasteiger partial charge in [-0.2, -0.15) is 0 Å². The summed E-state index contributed by atoms with van der Waals surface area (Å²) in [5.74, 6) is 0.0304. The normalized spacial score (nSPS) is 12.0. The van der Waals surface area contributed by atoms with Gasteiger partial charge in [-0.15, -0.1) is 0 Å². The number of ether oxygens (including phenoxy) is 1. The molecule has 0 bridgehead atoms. The quantitative estimate of drug-likeness (QED) is 0.467. The molecule has 8 nitrogen and oxygen atoms in total. The first kappa shape index (κ1) is 27.2. The van der Waals surface area contributed by atoms with Crippen LogP contribution in [-0.4, -0.2) is 64.2 Å². The highest BCUT2D eigenvalue weighted by Crippen LogP contribution is 2.30. The zero-order chi connectivity index (χ0) is 25.1. The number of carbonyl (C=O) groups is 2. The summed E-state index contributed by atoms with van der Waals surface area (Å²) in [4.78, 5) is 26.9. The monoisotopic (exact) mass is 489 g/mol. The predicted molar refractivity (Wildman–Crippen MR) is 134 cm³/mol. The molecule has 34 heavy (non-hydrogen) atoms. The van der Waals surface area contributed by atoms with Crippen molar-refractivity contribution < 1.29 is 22.7 Å². The molecule has 0 aliphatic heterocycles. The summed E-state index contributed by atoms with van der Waals surface area (Å²) in [6.07, 6.45) is 2.16. The molecule has 0 fully saturated rings. The third kappa shape index (κ3) is 7.76. The van der Waals surface area contributed by atoms with Gasteiger partial charge in [-0.25, -0.2) is 8.42 Å². The van der Waals surface area contributed by atoms with Gasteiger partial charge in [-0.3, -0.25) is 13.9 Å². The number of rotatable bonds is 13. The molecule has 2 amide bonds. The Morgan fingerprint density at radius 1 is 1.03 bits per heavy atom. The highest BCUT2D eigenvalue weighted by Gasteiger charge is 2.26. The number of para-hydroxylation sites is 2. The molecule has 2 rings (SSSR count). The molecule has 0 radical (unpaired) electrons. The number of nitrogens with zero attached hydrogens (tertiary/aromatic N) is 2. The third-order valence-corrected chi connectivity index (χ3v) is 6.66. The molecule has 1 atom stereocenters. The first-order chi connectivity index (χ1) is 16.2. The standard InChI is InChI=1S/C25H35N3O5S/c1-5-33-23-15-10-9-14-22(23)28(34(4,31)32)18-11-16-24(29)27(20(2)25(30)26-3)19-17-21-12-7-6-8-13-21/h6-10,12-15,20H,5,11,16-19H2,1-4H3,(H,26,30)/t20-/m0/s1. The highest BCUT2D eigenvalue weighted by atomic mass is 32.2. The molecule has 0 aliphatic rings. The summed E-state index contributed by atoms with van der Waals surface area (Å²) in [6, 6.07) is 16.1. The Hall–Kier alpha value is -3.07. The van der Waals surface area contributed by atoms with E-state index in [2.05, 4.69) is 5.32 Å². The summed E-state index contributed by atoms with van der Waals surface area (Å²) in [5, 5.41) is 2.60. The van der Waals surface area contributed by atoms with Crippen LogP contribution in [0.15, 0.2) is 54.6 Å². The maximum absolute atomic E-state index is 13.1. The molecule has 0 heterocycles. The average Bonchev–Trinajstić information content (AvgIpc) is 2.82. The van der Waals surface area contributed by atoms with Crippen LogP contribution in [0.25, 0.3) is 0 Å². The van der Waals surface area contributed by atoms with Crippen molar-refractivity contribution in [2.75, 3.05) is 37.3 Å². The molecule has 2 aromatic carbocycles. The zero-order valence-electron chi connectivity index (χ0n) is 20.4. The molecule has 2 aromatic rings. The minimum atomic E-state index is -3.59. The second-order valence-corrected chi connectivity index (χ2v) is 9.86. The molecule has 0 spiro atoms. The number of anilines is 1. The molecule has 0 saturated heterocycles. The van der Waals surface area contributed by atoms with Gasteiger partial charge >= 0.3 is 0 Å². The van der Waals surface area contributed by atoms with Crippen LogP contribution in [0, 0.1) is 0 Å². The number of hydrogen-bond acceptors (Lipinski definition) is 5. The van der Waals surface area contributed by atoms with E-state index in [0.29, 0.717) is 37.4 Å². The minimum absolute atomic E-state index is 0.110. The second kappa shape index (κ2) is 13.0. The lowest BCUT2D eigenvalue weighted by atomic mass is 10.1. The number of amides is 2. The maximum atomic E-state index is 13.1. The smallest absolute Gasteiger partial charge is 0.242 e. The van der Waals surface area contributed by atoms with E-state index in [4.69, 9.17) is 4.74 Å². The van der Waals surface area contributed by atoms with Gasteiger partial charge in [0.1, 0.15) is 11.8 Å². The van der Waals surface area contributed by atoms with E-state index >= 15 is 0 Å². The van der Waals surface area contributed by atoms with Crippen molar-refractivity contribution in [2.24, 2.45) is 0 Å². The van der Waals surface area contributed by atoms with E-state index in [1.165, 1.54) is 4.31 Å². The Morgan fingerprint density at radius 2 is 1.68 bits per heavy atom. The van der Waals surface area contributed by atoms with Crippen molar-refractivity contribution in [1.82, 2.24) is 10.2 Å². The molecule has 9 heteroatoms. The van der Waals surface area contributed by atoms with Crippen LogP contribution in [0.5, 0.6) is 5.75 Å². The van der Waals surface area contributed by atoms with E-state index in [1.54, 1.807) is 43.1 Å². The van der Waals surface area contributed by atoms with Crippen molar-refractivity contribution in [2.45, 2.75) is 39.2 Å². The van der Waals surface area contributed by atoms with Gasteiger partial charge in [0.25, 0.3) is 0 Å². The number of hydrogen-bond donors (Lipinski definition) is 1. The fraction of sp³-hybridized carbons (Fsp3) is 0.440. The Balaban J connectivity index is 2.12. The van der Waals surface area contributed by atoms with E-state index < -0.39 is 16.1 Å². The fourth-order valence-corrected chi connectivity index (χ4v) is 4.67. The lowest BCUT2D eigenvalue weighted by Gasteiger charge is -2.29. The summed E-state index contributed by atoms with van der Waals surface area (Å²) in [5.41, 5.74) is 1.51. The summed E-state index contributed by atoms with van der Waals surface area (Å²) >= 11 is 0.